The number of nitrogens with zero attached hydrogens (tertiary/aromatic N) is 8. The molecule has 0 fully saturated rings. The third-order valence-corrected chi connectivity index (χ3v) is 9.14. The van der Waals surface area contributed by atoms with Gasteiger partial charge in [-0.1, -0.05) is 81.4 Å². The van der Waals surface area contributed by atoms with Crippen LogP contribution >= 0.6 is 0 Å². The number of aromatic nitrogens is 8. The maximum Gasteiger partial charge on any atom is 2.00 e. The van der Waals surface area contributed by atoms with Crippen LogP contribution < -0.4 is 19.3 Å². The van der Waals surface area contributed by atoms with Crippen molar-refractivity contribution >= 4 is 50.1 Å². The van der Waals surface area contributed by atoms with E-state index in [1.807, 2.05) is 66.2 Å². The van der Waals surface area contributed by atoms with Gasteiger partial charge in [-0.25, -0.2) is 9.78 Å². The van der Waals surface area contributed by atoms with Crippen LogP contribution in [0.2, 0.25) is 0 Å². The van der Waals surface area contributed by atoms with Gasteiger partial charge in [0.2, 0.25) is 0 Å². The first-order valence-electron chi connectivity index (χ1n) is 16.2. The molecule has 0 unspecified atom stereocenters. The standard InChI is InChI=1S/C39H30N8O3.Cu/c1-39(2,3)20-13-15-24-28(17-20)35-43-33(24)41-31-22-9-5-6-10-23(22)32(40-31)42-34-25-16-14-21(50-19-30(48)49)18-29(25)36(44-34)46-38-27-12-8-7-11-26(27)37(45-35)47(38)4;/h5-18H,19H2,1-4H3,(H2,40,41,42,43,44,45,46,48,49);/q;+2/p-1. The molecule has 0 saturated heterocycles. The molecule has 8 bridgehead atoms. The molecule has 0 aliphatic carbocycles. The van der Waals surface area contributed by atoms with Gasteiger partial charge in [0.1, 0.15) is 17.4 Å². The number of carboxylic acid groups (broad SMARTS) is 1. The Hall–Kier alpha value is -5.97. The van der Waals surface area contributed by atoms with E-state index >= 15 is 0 Å². The normalized spacial score (nSPS) is 12.0. The number of carbonyl (C=O) groups is 1. The third kappa shape index (κ3) is 5.31. The molecule has 1 N–H and O–H groups in total. The average molecular weight is 721 g/mol. The zero-order chi connectivity index (χ0) is 34.3. The van der Waals surface area contributed by atoms with Crippen LogP contribution in [-0.2, 0) is 34.3 Å². The van der Waals surface area contributed by atoms with Crippen molar-refractivity contribution in [2.45, 2.75) is 26.2 Å². The number of fused-ring (bicyclic) bond motifs is 20. The molecule has 0 atom stereocenters. The van der Waals surface area contributed by atoms with Crippen molar-refractivity contribution in [3.05, 3.63) is 90.5 Å². The van der Waals surface area contributed by atoms with Gasteiger partial charge >= 0.3 is 23.0 Å². The summed E-state index contributed by atoms with van der Waals surface area (Å²) in [7, 11) is 1.93. The molecule has 2 aliphatic rings. The molecule has 51 heavy (non-hydrogen) atoms. The van der Waals surface area contributed by atoms with Crippen LogP contribution in [0.4, 0.5) is 0 Å². The number of rotatable bonds is 3. The van der Waals surface area contributed by atoms with E-state index in [0.717, 1.165) is 38.6 Å². The first-order chi connectivity index (χ1) is 24.1. The first-order valence-corrected chi connectivity index (χ1v) is 16.2. The predicted octanol–water partition coefficient (Wildman–Crippen LogP) is 6.32. The van der Waals surface area contributed by atoms with Crippen LogP contribution in [0.5, 0.6) is 5.75 Å². The zero-order valence-electron chi connectivity index (χ0n) is 27.9. The third-order valence-electron chi connectivity index (χ3n) is 9.14. The molecule has 3 aromatic heterocycles. The van der Waals surface area contributed by atoms with Crippen molar-refractivity contribution in [2.24, 2.45) is 7.05 Å². The van der Waals surface area contributed by atoms with E-state index in [1.54, 1.807) is 12.1 Å². The fourth-order valence-corrected chi connectivity index (χ4v) is 6.58. The van der Waals surface area contributed by atoms with E-state index < -0.39 is 12.6 Å². The first kappa shape index (κ1) is 32.2. The Bertz CT molecular complexity index is 2770. The van der Waals surface area contributed by atoms with Gasteiger partial charge in [0.15, 0.2) is 6.61 Å². The van der Waals surface area contributed by atoms with Crippen molar-refractivity contribution in [1.82, 2.24) is 34.9 Å². The van der Waals surface area contributed by atoms with Crippen molar-refractivity contribution in [3.63, 3.8) is 0 Å². The Balaban J connectivity index is 0.00000374. The van der Waals surface area contributed by atoms with Crippen LogP contribution in [0, 0.1) is 0 Å². The van der Waals surface area contributed by atoms with E-state index in [0.29, 0.717) is 62.4 Å². The SMILES string of the molecule is C[n+]1c2nc3[n-]c(nc4nc(nc5[n-]c(nc1-c1ccccc1-2)c1cc(C(C)(C)C)ccc51)-c1ccccc1-4)c1ccc(OCC(=O)O)cc31.[Cu+2]. The Labute approximate surface area is 302 Å². The Kier molecular flexibility index (Phi) is 7.48. The van der Waals surface area contributed by atoms with Gasteiger partial charge in [0.25, 0.3) is 0 Å². The fraction of sp³-hybridized carbons (Fsp3) is 0.154. The predicted molar refractivity (Wildman–Crippen MR) is 189 cm³/mol. The van der Waals surface area contributed by atoms with Gasteiger partial charge in [-0.05, 0) is 56.8 Å². The summed E-state index contributed by atoms with van der Waals surface area (Å²) in [5.74, 6) is 1.60. The van der Waals surface area contributed by atoms with Gasteiger partial charge in [-0.3, -0.25) is 4.57 Å². The molecule has 9 rings (SSSR count). The molecule has 11 nitrogen and oxygen atoms in total. The number of carboxylic acids is 1. The number of ether oxygens (including phenoxy) is 1. The summed E-state index contributed by atoms with van der Waals surface area (Å²) in [6.45, 7) is 6.08. The molecule has 12 heteroatoms. The van der Waals surface area contributed by atoms with Crippen molar-refractivity contribution in [1.29, 1.82) is 0 Å². The van der Waals surface area contributed by atoms with Crippen molar-refractivity contribution in [3.8, 4) is 51.3 Å². The van der Waals surface area contributed by atoms with E-state index in [2.05, 4.69) is 39.0 Å². The molecule has 5 heterocycles. The second kappa shape index (κ2) is 11.8. The summed E-state index contributed by atoms with van der Waals surface area (Å²) in [6, 6.07) is 27.4. The molecule has 0 amide bonds. The smallest absolute Gasteiger partial charge is 0.482 e. The molecular formula is C39H29CuN8O3+. The summed E-state index contributed by atoms with van der Waals surface area (Å²) >= 11 is 0. The minimum absolute atomic E-state index is 0. The molecular weight excluding hydrogens is 692 g/mol. The largest absolute Gasteiger partial charge is 2.00 e. The molecule has 0 saturated carbocycles. The van der Waals surface area contributed by atoms with Gasteiger partial charge in [0.05, 0.1) is 18.7 Å². The molecule has 253 valence electrons. The van der Waals surface area contributed by atoms with Gasteiger partial charge in [0, 0.05) is 44.8 Å². The number of benzene rings is 4. The average Bonchev–Trinajstić information content (AvgIpc) is 3.81. The van der Waals surface area contributed by atoms with E-state index in [1.165, 1.54) is 0 Å². The summed E-state index contributed by atoms with van der Waals surface area (Å²) in [4.78, 5) is 46.6. The quantitative estimate of drug-likeness (QED) is 0.163. The second-order valence-electron chi connectivity index (χ2n) is 13.4. The van der Waals surface area contributed by atoms with Crippen molar-refractivity contribution in [2.75, 3.05) is 6.61 Å². The molecule has 7 aromatic rings. The molecule has 4 aromatic carbocycles. The summed E-state index contributed by atoms with van der Waals surface area (Å²) in [5.41, 5.74) is 6.40. The zero-order valence-corrected chi connectivity index (χ0v) is 28.9. The van der Waals surface area contributed by atoms with Crippen LogP contribution in [-0.4, -0.2) is 42.6 Å². The summed E-state index contributed by atoms with van der Waals surface area (Å²) in [6.07, 6.45) is 0. The molecule has 2 aliphatic heterocycles. The molecule has 0 spiro atoms. The Morgan fingerprint density at radius 3 is 1.69 bits per heavy atom. The van der Waals surface area contributed by atoms with Gasteiger partial charge < -0.3 is 39.7 Å². The van der Waals surface area contributed by atoms with E-state index in [9.17, 15) is 9.90 Å². The van der Waals surface area contributed by atoms with Crippen molar-refractivity contribution < 1.29 is 36.3 Å². The monoisotopic (exact) mass is 720 g/mol. The fourth-order valence-electron chi connectivity index (χ4n) is 6.58. The second-order valence-corrected chi connectivity index (χ2v) is 13.4. The van der Waals surface area contributed by atoms with E-state index in [-0.39, 0.29) is 22.5 Å². The Morgan fingerprint density at radius 2 is 1.16 bits per heavy atom. The van der Waals surface area contributed by atoms with Crippen LogP contribution in [0.25, 0.3) is 89.7 Å². The summed E-state index contributed by atoms with van der Waals surface area (Å²) in [5, 5.41) is 12.4. The Morgan fingerprint density at radius 1 is 0.667 bits per heavy atom. The maximum absolute atomic E-state index is 11.3. The number of hydrogen-bond acceptors (Lipinski definition) is 7. The number of hydrogen-bond donors (Lipinski definition) is 1. The topological polar surface area (TPSA) is 143 Å². The maximum atomic E-state index is 11.3. The van der Waals surface area contributed by atoms with Gasteiger partial charge in [-0.2, -0.15) is 0 Å². The molecule has 1 radical (unpaired) electrons. The van der Waals surface area contributed by atoms with E-state index in [4.69, 9.17) is 39.6 Å². The van der Waals surface area contributed by atoms with Crippen LogP contribution in [0.15, 0.2) is 84.9 Å². The van der Waals surface area contributed by atoms with Crippen LogP contribution in [0.1, 0.15) is 26.3 Å². The van der Waals surface area contributed by atoms with Gasteiger partial charge in [-0.15, -0.1) is 0 Å². The minimum atomic E-state index is -1.07. The number of aliphatic carboxylic acids is 1. The summed E-state index contributed by atoms with van der Waals surface area (Å²) < 4.78 is 7.49. The minimum Gasteiger partial charge on any atom is -0.482 e. The van der Waals surface area contributed by atoms with Crippen LogP contribution in [0.3, 0.4) is 0 Å².